The number of fused-ring (bicyclic) bond motifs is 1. The number of nitrogens with zero attached hydrogens (tertiary/aromatic N) is 3. The van der Waals surface area contributed by atoms with Crippen LogP contribution in [0.15, 0.2) is 36.5 Å². The van der Waals surface area contributed by atoms with Crippen molar-refractivity contribution in [2.75, 3.05) is 26.3 Å². The van der Waals surface area contributed by atoms with Crippen molar-refractivity contribution in [1.82, 2.24) is 15.1 Å². The fourth-order valence-corrected chi connectivity index (χ4v) is 3.51. The van der Waals surface area contributed by atoms with Crippen molar-refractivity contribution in [3.8, 4) is 11.8 Å². The van der Waals surface area contributed by atoms with Crippen LogP contribution in [0.1, 0.15) is 16.1 Å². The molecule has 2 aliphatic rings. The number of hydrogen-bond donors (Lipinski definition) is 1. The lowest BCUT2D eigenvalue weighted by Gasteiger charge is -2.19. The van der Waals surface area contributed by atoms with Crippen LogP contribution in [0.25, 0.3) is 0 Å². The fraction of sp³-hybridized carbons (Fsp3) is 0.389. The molecule has 3 heterocycles. The summed E-state index contributed by atoms with van der Waals surface area (Å²) in [5.74, 6) is 1.23. The largest absolute Gasteiger partial charge is 0.493 e. The van der Waals surface area contributed by atoms with Crippen LogP contribution >= 0.6 is 0 Å². The molecule has 25 heavy (non-hydrogen) atoms. The Morgan fingerprint density at radius 3 is 2.92 bits per heavy atom. The third kappa shape index (κ3) is 3.08. The van der Waals surface area contributed by atoms with Crippen LogP contribution < -0.4 is 4.74 Å². The van der Waals surface area contributed by atoms with Gasteiger partial charge in [0.05, 0.1) is 31.0 Å². The number of nitriles is 1. The lowest BCUT2D eigenvalue weighted by molar-refractivity contribution is 0.0657. The SMILES string of the molecule is N#Cc1ccc(OC[C@@H]2CO[C@@H]3CN(C(=O)c4ccn[nH]4)C[C@H]23)cc1. The van der Waals surface area contributed by atoms with E-state index < -0.39 is 0 Å². The van der Waals surface area contributed by atoms with Gasteiger partial charge in [0.25, 0.3) is 5.91 Å². The molecule has 0 radical (unpaired) electrons. The van der Waals surface area contributed by atoms with Crippen molar-refractivity contribution in [1.29, 1.82) is 5.26 Å². The monoisotopic (exact) mass is 338 g/mol. The number of carbonyl (C=O) groups is 1. The van der Waals surface area contributed by atoms with Gasteiger partial charge in [-0.1, -0.05) is 0 Å². The van der Waals surface area contributed by atoms with E-state index in [1.54, 1.807) is 36.5 Å². The molecule has 2 aromatic rings. The summed E-state index contributed by atoms with van der Waals surface area (Å²) in [4.78, 5) is 14.2. The van der Waals surface area contributed by atoms with Crippen LogP contribution in [-0.4, -0.2) is 53.4 Å². The molecular formula is C18H18N4O3. The Hall–Kier alpha value is -2.85. The second kappa shape index (κ2) is 6.57. The van der Waals surface area contributed by atoms with Crippen molar-refractivity contribution in [2.45, 2.75) is 6.10 Å². The van der Waals surface area contributed by atoms with Crippen molar-refractivity contribution in [3.05, 3.63) is 47.8 Å². The molecule has 1 N–H and O–H groups in total. The topological polar surface area (TPSA) is 91.2 Å². The van der Waals surface area contributed by atoms with E-state index in [1.165, 1.54) is 0 Å². The van der Waals surface area contributed by atoms with Gasteiger partial charge in [0, 0.05) is 31.1 Å². The van der Waals surface area contributed by atoms with E-state index in [2.05, 4.69) is 16.3 Å². The minimum absolute atomic E-state index is 0.0396. The highest BCUT2D eigenvalue weighted by atomic mass is 16.5. The maximum Gasteiger partial charge on any atom is 0.271 e. The minimum Gasteiger partial charge on any atom is -0.493 e. The number of amides is 1. The molecule has 0 saturated carbocycles. The summed E-state index contributed by atoms with van der Waals surface area (Å²) in [6, 6.07) is 10.9. The van der Waals surface area contributed by atoms with Crippen LogP contribution in [0.4, 0.5) is 0 Å². The quantitative estimate of drug-likeness (QED) is 0.911. The molecule has 0 aliphatic carbocycles. The number of nitrogens with one attached hydrogen (secondary N) is 1. The number of aromatic amines is 1. The van der Waals surface area contributed by atoms with E-state index in [0.29, 0.717) is 37.6 Å². The average molecular weight is 338 g/mol. The van der Waals surface area contributed by atoms with Crippen LogP contribution in [0, 0.1) is 23.2 Å². The summed E-state index contributed by atoms with van der Waals surface area (Å²) in [6.07, 6.45) is 1.65. The second-order valence-corrected chi connectivity index (χ2v) is 6.42. The highest BCUT2D eigenvalue weighted by molar-refractivity contribution is 5.92. The first-order valence-electron chi connectivity index (χ1n) is 8.28. The van der Waals surface area contributed by atoms with Gasteiger partial charge < -0.3 is 14.4 Å². The molecule has 128 valence electrons. The van der Waals surface area contributed by atoms with Gasteiger partial charge in [-0.3, -0.25) is 9.89 Å². The number of H-pyrrole nitrogens is 1. The maximum atomic E-state index is 12.4. The van der Waals surface area contributed by atoms with Gasteiger partial charge >= 0.3 is 0 Å². The Morgan fingerprint density at radius 1 is 1.36 bits per heavy atom. The molecule has 0 bridgehead atoms. The Labute approximate surface area is 145 Å². The average Bonchev–Trinajstić information content (AvgIpc) is 3.37. The van der Waals surface area contributed by atoms with E-state index in [0.717, 1.165) is 5.75 Å². The highest BCUT2D eigenvalue weighted by Crippen LogP contribution is 2.34. The Kier molecular flexibility index (Phi) is 4.12. The first kappa shape index (κ1) is 15.7. The normalized spacial score (nSPS) is 24.8. The van der Waals surface area contributed by atoms with Crippen LogP contribution in [0.3, 0.4) is 0 Å². The molecule has 0 spiro atoms. The molecular weight excluding hydrogens is 320 g/mol. The number of likely N-dealkylation sites (tertiary alicyclic amines) is 1. The zero-order valence-electron chi connectivity index (χ0n) is 13.6. The summed E-state index contributed by atoms with van der Waals surface area (Å²) in [6.45, 7) is 2.47. The number of ether oxygens (including phenoxy) is 2. The zero-order valence-corrected chi connectivity index (χ0v) is 13.6. The van der Waals surface area contributed by atoms with Crippen LogP contribution in [-0.2, 0) is 4.74 Å². The molecule has 2 aliphatic heterocycles. The number of aromatic nitrogens is 2. The first-order valence-corrected chi connectivity index (χ1v) is 8.28. The number of carbonyl (C=O) groups excluding carboxylic acids is 1. The number of rotatable bonds is 4. The van der Waals surface area contributed by atoms with E-state index in [9.17, 15) is 4.79 Å². The Bertz CT molecular complexity index is 782. The van der Waals surface area contributed by atoms with Crippen LogP contribution in [0.5, 0.6) is 5.75 Å². The Balaban J connectivity index is 1.35. The first-order chi connectivity index (χ1) is 12.2. The molecule has 3 atom stereocenters. The minimum atomic E-state index is -0.0396. The third-order valence-electron chi connectivity index (χ3n) is 4.90. The number of hydrogen-bond acceptors (Lipinski definition) is 5. The lowest BCUT2D eigenvalue weighted by atomic mass is 9.94. The van der Waals surface area contributed by atoms with Gasteiger partial charge in [-0.05, 0) is 30.3 Å². The second-order valence-electron chi connectivity index (χ2n) is 6.42. The molecule has 2 saturated heterocycles. The summed E-state index contributed by atoms with van der Waals surface area (Å²) in [5, 5.41) is 15.4. The van der Waals surface area contributed by atoms with E-state index >= 15 is 0 Å². The summed E-state index contributed by atoms with van der Waals surface area (Å²) < 4.78 is 11.7. The summed E-state index contributed by atoms with van der Waals surface area (Å²) >= 11 is 0. The number of benzene rings is 1. The van der Waals surface area contributed by atoms with E-state index in [1.807, 2.05) is 4.90 Å². The Morgan fingerprint density at radius 2 is 2.20 bits per heavy atom. The van der Waals surface area contributed by atoms with Crippen molar-refractivity contribution >= 4 is 5.91 Å². The van der Waals surface area contributed by atoms with Crippen molar-refractivity contribution in [3.63, 3.8) is 0 Å². The van der Waals surface area contributed by atoms with Gasteiger partial charge in [-0.2, -0.15) is 10.4 Å². The highest BCUT2D eigenvalue weighted by Gasteiger charge is 2.45. The van der Waals surface area contributed by atoms with Crippen molar-refractivity contribution < 1.29 is 14.3 Å². The van der Waals surface area contributed by atoms with Gasteiger partial charge in [-0.15, -0.1) is 0 Å². The predicted octanol–water partition coefficient (Wildman–Crippen LogP) is 1.45. The zero-order chi connectivity index (χ0) is 17.2. The predicted molar refractivity (Wildman–Crippen MR) is 87.9 cm³/mol. The standard InChI is InChI=1S/C18H18N4O3/c19-7-12-1-3-14(4-2-12)24-10-13-11-25-17-9-22(8-15(13)17)18(23)16-5-6-20-21-16/h1-6,13,15,17H,8-11H2,(H,20,21)/t13-,15-,17-/m1/s1. The molecule has 1 amide bonds. The molecule has 2 fully saturated rings. The van der Waals surface area contributed by atoms with Crippen molar-refractivity contribution in [2.24, 2.45) is 11.8 Å². The van der Waals surface area contributed by atoms with Gasteiger partial charge in [-0.25, -0.2) is 0 Å². The molecule has 4 rings (SSSR count). The maximum absolute atomic E-state index is 12.4. The summed E-state index contributed by atoms with van der Waals surface area (Å²) in [5.41, 5.74) is 1.12. The molecule has 7 nitrogen and oxygen atoms in total. The van der Waals surface area contributed by atoms with Gasteiger partial charge in [0.1, 0.15) is 11.4 Å². The third-order valence-corrected chi connectivity index (χ3v) is 4.90. The van der Waals surface area contributed by atoms with E-state index in [4.69, 9.17) is 14.7 Å². The van der Waals surface area contributed by atoms with Gasteiger partial charge in [0.2, 0.25) is 0 Å². The smallest absolute Gasteiger partial charge is 0.271 e. The molecule has 1 aromatic carbocycles. The van der Waals surface area contributed by atoms with Gasteiger partial charge in [0.15, 0.2) is 0 Å². The fourth-order valence-electron chi connectivity index (χ4n) is 3.51. The van der Waals surface area contributed by atoms with E-state index in [-0.39, 0.29) is 23.8 Å². The molecule has 7 heteroatoms. The molecule has 0 unspecified atom stereocenters. The summed E-state index contributed by atoms with van der Waals surface area (Å²) in [7, 11) is 0. The van der Waals surface area contributed by atoms with Crippen LogP contribution in [0.2, 0.25) is 0 Å². The molecule has 1 aromatic heterocycles. The lowest BCUT2D eigenvalue weighted by Crippen LogP contribution is -2.32.